The van der Waals surface area contributed by atoms with Crippen LogP contribution in [0.4, 0.5) is 0 Å². The molecule has 1 N–H and O–H groups in total. The highest BCUT2D eigenvalue weighted by molar-refractivity contribution is 5.81. The number of hydrogen-bond acceptors (Lipinski definition) is 4. The third-order valence-electron chi connectivity index (χ3n) is 4.06. The molecule has 0 radical (unpaired) electrons. The maximum absolute atomic E-state index is 12.3. The fourth-order valence-corrected chi connectivity index (χ4v) is 2.71. The molecule has 3 rings (SSSR count). The van der Waals surface area contributed by atoms with Gasteiger partial charge in [-0.15, -0.1) is 0 Å². The third-order valence-corrected chi connectivity index (χ3v) is 4.06. The second-order valence-corrected chi connectivity index (χ2v) is 5.74. The van der Waals surface area contributed by atoms with Gasteiger partial charge >= 0.3 is 0 Å². The van der Waals surface area contributed by atoms with Gasteiger partial charge in [-0.25, -0.2) is 0 Å². The lowest BCUT2D eigenvalue weighted by Gasteiger charge is -2.32. The first kappa shape index (κ1) is 15.7. The summed E-state index contributed by atoms with van der Waals surface area (Å²) >= 11 is 0. The van der Waals surface area contributed by atoms with E-state index in [1.165, 1.54) is 5.56 Å². The number of carbonyl (C=O) groups excluding carboxylic acids is 1. The minimum Gasteiger partial charge on any atom is -0.366 e. The molecule has 0 saturated carbocycles. The van der Waals surface area contributed by atoms with Crippen molar-refractivity contribution in [1.29, 1.82) is 0 Å². The summed E-state index contributed by atoms with van der Waals surface area (Å²) < 4.78 is 7.39. The van der Waals surface area contributed by atoms with Crippen LogP contribution in [-0.4, -0.2) is 46.4 Å². The first-order valence-corrected chi connectivity index (χ1v) is 7.85. The normalized spacial score (nSPS) is 18.7. The number of aryl methyl sites for hydroxylation is 1. The molecule has 1 atom stereocenters. The van der Waals surface area contributed by atoms with Crippen LogP contribution in [0, 0.1) is 0 Å². The van der Waals surface area contributed by atoms with Crippen LogP contribution in [0.15, 0.2) is 42.6 Å². The van der Waals surface area contributed by atoms with Crippen molar-refractivity contribution < 1.29 is 9.53 Å². The van der Waals surface area contributed by atoms with Crippen LogP contribution in [-0.2, 0) is 29.7 Å². The third kappa shape index (κ3) is 4.18. The van der Waals surface area contributed by atoms with E-state index < -0.39 is 6.10 Å². The van der Waals surface area contributed by atoms with Crippen LogP contribution in [0.3, 0.4) is 0 Å². The van der Waals surface area contributed by atoms with E-state index in [0.29, 0.717) is 19.7 Å². The Bertz CT molecular complexity index is 641. The highest BCUT2D eigenvalue weighted by Crippen LogP contribution is 2.11. The number of aromatic nitrogens is 2. The van der Waals surface area contributed by atoms with Crippen LogP contribution in [0.2, 0.25) is 0 Å². The molecule has 1 aromatic heterocycles. The van der Waals surface area contributed by atoms with Crippen LogP contribution >= 0.6 is 0 Å². The molecule has 6 heteroatoms. The molecule has 122 valence electrons. The van der Waals surface area contributed by atoms with Gasteiger partial charge in [0.1, 0.15) is 6.10 Å². The lowest BCUT2D eigenvalue weighted by Crippen LogP contribution is -2.49. The Morgan fingerprint density at radius 3 is 2.91 bits per heavy atom. The molecule has 6 nitrogen and oxygen atoms in total. The van der Waals surface area contributed by atoms with Crippen molar-refractivity contribution in [3.8, 4) is 0 Å². The Morgan fingerprint density at radius 2 is 2.17 bits per heavy atom. The molecule has 1 unspecified atom stereocenters. The fourth-order valence-electron chi connectivity index (χ4n) is 2.71. The van der Waals surface area contributed by atoms with Crippen LogP contribution < -0.4 is 5.32 Å². The van der Waals surface area contributed by atoms with Crippen molar-refractivity contribution in [1.82, 2.24) is 20.0 Å². The predicted octanol–water partition coefficient (Wildman–Crippen LogP) is 0.937. The van der Waals surface area contributed by atoms with Gasteiger partial charge in [-0.05, 0) is 11.6 Å². The number of benzene rings is 1. The number of rotatable bonds is 5. The highest BCUT2D eigenvalue weighted by atomic mass is 16.5. The van der Waals surface area contributed by atoms with Gasteiger partial charge < -0.3 is 10.1 Å². The molecule has 2 heterocycles. The number of nitrogens with one attached hydrogen (secondary N) is 1. The molecule has 1 aliphatic heterocycles. The molecule has 1 aromatic carbocycles. The number of amides is 1. The number of carbonyl (C=O) groups is 1. The average molecular weight is 314 g/mol. The summed E-state index contributed by atoms with van der Waals surface area (Å²) in [5.41, 5.74) is 2.22. The highest BCUT2D eigenvalue weighted by Gasteiger charge is 2.26. The van der Waals surface area contributed by atoms with E-state index >= 15 is 0 Å². The summed E-state index contributed by atoms with van der Waals surface area (Å²) in [6.07, 6.45) is 1.31. The van der Waals surface area contributed by atoms with E-state index in [1.807, 2.05) is 31.3 Å². The number of morpholine rings is 1. The Hall–Kier alpha value is -2.18. The van der Waals surface area contributed by atoms with Gasteiger partial charge in [-0.3, -0.25) is 14.4 Å². The second-order valence-electron chi connectivity index (χ2n) is 5.74. The van der Waals surface area contributed by atoms with Crippen molar-refractivity contribution in [3.63, 3.8) is 0 Å². The van der Waals surface area contributed by atoms with E-state index in [9.17, 15) is 4.79 Å². The molecule has 1 aliphatic rings. The standard InChI is InChI=1S/C17H22N4O2/c1-20-15(7-8-19-20)11-18-17(22)16-13-21(9-10-23-16)12-14-5-3-2-4-6-14/h2-8,16H,9-13H2,1H3,(H,18,22). The van der Waals surface area contributed by atoms with E-state index in [0.717, 1.165) is 18.8 Å². The van der Waals surface area contributed by atoms with E-state index in [4.69, 9.17) is 4.74 Å². The predicted molar refractivity (Wildman–Crippen MR) is 86.5 cm³/mol. The summed E-state index contributed by atoms with van der Waals surface area (Å²) in [7, 11) is 1.86. The molecule has 1 amide bonds. The van der Waals surface area contributed by atoms with Gasteiger partial charge in [0.25, 0.3) is 5.91 Å². The molecule has 0 bridgehead atoms. The van der Waals surface area contributed by atoms with Gasteiger partial charge in [-0.2, -0.15) is 5.10 Å². The largest absolute Gasteiger partial charge is 0.366 e. The minimum atomic E-state index is -0.416. The Kier molecular flexibility index (Phi) is 5.05. The minimum absolute atomic E-state index is 0.0658. The van der Waals surface area contributed by atoms with E-state index in [1.54, 1.807) is 10.9 Å². The molecule has 2 aromatic rings. The molecule has 0 aliphatic carbocycles. The monoisotopic (exact) mass is 314 g/mol. The van der Waals surface area contributed by atoms with Crippen molar-refractivity contribution >= 4 is 5.91 Å². The van der Waals surface area contributed by atoms with Crippen molar-refractivity contribution in [2.75, 3.05) is 19.7 Å². The SMILES string of the molecule is Cn1nccc1CNC(=O)C1CN(Cc2ccccc2)CCO1. The first-order chi connectivity index (χ1) is 11.2. The molecule has 0 spiro atoms. The summed E-state index contributed by atoms with van der Waals surface area (Å²) in [6, 6.07) is 12.2. The van der Waals surface area contributed by atoms with Crippen molar-refractivity contribution in [2.45, 2.75) is 19.2 Å². The zero-order valence-electron chi connectivity index (χ0n) is 13.3. The smallest absolute Gasteiger partial charge is 0.250 e. The van der Waals surface area contributed by atoms with Crippen LogP contribution in [0.1, 0.15) is 11.3 Å². The number of ether oxygens (including phenoxy) is 1. The van der Waals surface area contributed by atoms with E-state index in [2.05, 4.69) is 27.4 Å². The summed E-state index contributed by atoms with van der Waals surface area (Å²) in [6.45, 7) is 3.35. The number of nitrogens with zero attached hydrogens (tertiary/aromatic N) is 3. The van der Waals surface area contributed by atoms with Crippen molar-refractivity contribution in [2.24, 2.45) is 7.05 Å². The van der Waals surface area contributed by atoms with Crippen LogP contribution in [0.5, 0.6) is 0 Å². The first-order valence-electron chi connectivity index (χ1n) is 7.85. The van der Waals surface area contributed by atoms with E-state index in [-0.39, 0.29) is 5.91 Å². The quantitative estimate of drug-likeness (QED) is 0.892. The zero-order chi connectivity index (χ0) is 16.1. The van der Waals surface area contributed by atoms with Crippen molar-refractivity contribution in [3.05, 3.63) is 53.9 Å². The molecular weight excluding hydrogens is 292 g/mol. The Balaban J connectivity index is 1.51. The van der Waals surface area contributed by atoms with Gasteiger partial charge in [0, 0.05) is 32.9 Å². The Labute approximate surface area is 136 Å². The lowest BCUT2D eigenvalue weighted by atomic mass is 10.2. The molecule has 1 fully saturated rings. The Morgan fingerprint density at radius 1 is 1.35 bits per heavy atom. The summed E-state index contributed by atoms with van der Waals surface area (Å²) in [4.78, 5) is 14.6. The maximum atomic E-state index is 12.3. The van der Waals surface area contributed by atoms with Crippen LogP contribution in [0.25, 0.3) is 0 Å². The van der Waals surface area contributed by atoms with Gasteiger partial charge in [-0.1, -0.05) is 30.3 Å². The van der Waals surface area contributed by atoms with Gasteiger partial charge in [0.15, 0.2) is 0 Å². The maximum Gasteiger partial charge on any atom is 0.250 e. The summed E-state index contributed by atoms with van der Waals surface area (Å²) in [5.74, 6) is -0.0658. The van der Waals surface area contributed by atoms with Gasteiger partial charge in [0.05, 0.1) is 18.8 Å². The number of hydrogen-bond donors (Lipinski definition) is 1. The fraction of sp³-hybridized carbons (Fsp3) is 0.412. The lowest BCUT2D eigenvalue weighted by molar-refractivity contribution is -0.139. The molecule has 1 saturated heterocycles. The second kappa shape index (κ2) is 7.39. The topological polar surface area (TPSA) is 59.4 Å². The molecule has 23 heavy (non-hydrogen) atoms. The molecular formula is C17H22N4O2. The zero-order valence-corrected chi connectivity index (χ0v) is 13.3. The van der Waals surface area contributed by atoms with Gasteiger partial charge in [0.2, 0.25) is 0 Å². The summed E-state index contributed by atoms with van der Waals surface area (Å²) in [5, 5.41) is 7.02. The average Bonchev–Trinajstić information content (AvgIpc) is 2.99.